The summed E-state index contributed by atoms with van der Waals surface area (Å²) in [5.74, 6) is 1.01. The van der Waals surface area contributed by atoms with Gasteiger partial charge in [0.05, 0.1) is 12.3 Å². The summed E-state index contributed by atoms with van der Waals surface area (Å²) in [6, 6.07) is 9.43. The van der Waals surface area contributed by atoms with E-state index in [4.69, 9.17) is 11.6 Å². The predicted molar refractivity (Wildman–Crippen MR) is 81.1 cm³/mol. The van der Waals surface area contributed by atoms with Crippen molar-refractivity contribution >= 4 is 23.4 Å². The van der Waals surface area contributed by atoms with Gasteiger partial charge < -0.3 is 15.7 Å². The molecule has 6 heteroatoms. The Morgan fingerprint density at radius 3 is 2.70 bits per heavy atom. The zero-order valence-corrected chi connectivity index (χ0v) is 11.9. The molecule has 0 saturated heterocycles. The first kappa shape index (κ1) is 14.6. The van der Waals surface area contributed by atoms with Gasteiger partial charge in [-0.1, -0.05) is 41.9 Å². The van der Waals surface area contributed by atoms with Gasteiger partial charge in [-0.25, -0.2) is 4.98 Å². The van der Waals surface area contributed by atoms with E-state index in [1.54, 1.807) is 0 Å². The number of nitrogens with zero attached hydrogens (tertiary/aromatic N) is 2. The molecule has 0 aliphatic heterocycles. The summed E-state index contributed by atoms with van der Waals surface area (Å²) in [7, 11) is 0. The van der Waals surface area contributed by atoms with Gasteiger partial charge >= 0.3 is 0 Å². The third-order valence-corrected chi connectivity index (χ3v) is 3.00. The van der Waals surface area contributed by atoms with Gasteiger partial charge in [0.25, 0.3) is 0 Å². The van der Waals surface area contributed by atoms with Gasteiger partial charge in [-0.3, -0.25) is 0 Å². The van der Waals surface area contributed by atoms with Crippen LogP contribution in [-0.2, 0) is 0 Å². The number of aliphatic hydroxyl groups is 1. The molecule has 1 heterocycles. The van der Waals surface area contributed by atoms with E-state index >= 15 is 0 Å². The van der Waals surface area contributed by atoms with E-state index in [2.05, 4.69) is 20.6 Å². The van der Waals surface area contributed by atoms with Crippen LogP contribution in [0.4, 0.5) is 11.8 Å². The molecule has 1 unspecified atom stereocenters. The average molecular weight is 293 g/mol. The van der Waals surface area contributed by atoms with Gasteiger partial charge in [0.15, 0.2) is 5.82 Å². The maximum atomic E-state index is 10.1. The van der Waals surface area contributed by atoms with Crippen LogP contribution in [0, 0.1) is 0 Å². The van der Waals surface area contributed by atoms with Crippen molar-refractivity contribution in [2.75, 3.05) is 23.7 Å². The van der Waals surface area contributed by atoms with E-state index in [1.807, 2.05) is 37.3 Å². The number of hydrogen-bond donors (Lipinski definition) is 3. The minimum Gasteiger partial charge on any atom is -0.387 e. The molecule has 20 heavy (non-hydrogen) atoms. The van der Waals surface area contributed by atoms with Crippen LogP contribution < -0.4 is 10.6 Å². The van der Waals surface area contributed by atoms with Gasteiger partial charge in [-0.15, -0.1) is 0 Å². The highest BCUT2D eigenvalue weighted by atomic mass is 35.5. The minimum atomic E-state index is -0.621. The maximum absolute atomic E-state index is 10.1. The number of anilines is 2. The van der Waals surface area contributed by atoms with Crippen LogP contribution in [0.1, 0.15) is 18.6 Å². The van der Waals surface area contributed by atoms with Crippen LogP contribution in [0.3, 0.4) is 0 Å². The largest absolute Gasteiger partial charge is 0.387 e. The summed E-state index contributed by atoms with van der Waals surface area (Å²) < 4.78 is 0. The summed E-state index contributed by atoms with van der Waals surface area (Å²) >= 11 is 6.03. The number of rotatable bonds is 6. The SMILES string of the molecule is CCNc1ncc(Cl)c(NCC(O)c2ccccc2)n1. The van der Waals surface area contributed by atoms with E-state index in [-0.39, 0.29) is 0 Å². The molecule has 0 bridgehead atoms. The smallest absolute Gasteiger partial charge is 0.224 e. The number of nitrogens with one attached hydrogen (secondary N) is 2. The first-order valence-corrected chi connectivity index (χ1v) is 6.81. The average Bonchev–Trinajstić information content (AvgIpc) is 2.48. The van der Waals surface area contributed by atoms with Crippen molar-refractivity contribution in [3.63, 3.8) is 0 Å². The molecule has 0 radical (unpaired) electrons. The lowest BCUT2D eigenvalue weighted by atomic mass is 10.1. The number of aliphatic hydroxyl groups excluding tert-OH is 1. The normalized spacial score (nSPS) is 11.9. The van der Waals surface area contributed by atoms with Crippen LogP contribution in [-0.4, -0.2) is 28.2 Å². The second kappa shape index (κ2) is 7.07. The third kappa shape index (κ3) is 3.82. The first-order chi connectivity index (χ1) is 9.70. The molecule has 2 aromatic rings. The molecular weight excluding hydrogens is 276 g/mol. The fourth-order valence-electron chi connectivity index (χ4n) is 1.72. The van der Waals surface area contributed by atoms with Gasteiger partial charge in [-0.05, 0) is 12.5 Å². The Labute approximate surface area is 123 Å². The van der Waals surface area contributed by atoms with Crippen molar-refractivity contribution in [2.45, 2.75) is 13.0 Å². The first-order valence-electron chi connectivity index (χ1n) is 6.44. The Bertz CT molecular complexity index is 550. The molecule has 3 N–H and O–H groups in total. The molecule has 0 saturated carbocycles. The Morgan fingerprint density at radius 2 is 2.00 bits per heavy atom. The molecule has 0 aliphatic carbocycles. The molecule has 106 valence electrons. The van der Waals surface area contributed by atoms with E-state index < -0.39 is 6.10 Å². The van der Waals surface area contributed by atoms with Crippen molar-refractivity contribution in [1.29, 1.82) is 0 Å². The van der Waals surface area contributed by atoms with Crippen molar-refractivity contribution in [3.8, 4) is 0 Å². The molecule has 1 aromatic heterocycles. The number of halogens is 1. The quantitative estimate of drug-likeness (QED) is 0.764. The molecule has 0 aliphatic rings. The fourth-order valence-corrected chi connectivity index (χ4v) is 1.88. The van der Waals surface area contributed by atoms with Gasteiger partial charge in [0, 0.05) is 13.1 Å². The van der Waals surface area contributed by atoms with Gasteiger partial charge in [0.1, 0.15) is 5.02 Å². The van der Waals surface area contributed by atoms with Crippen molar-refractivity contribution < 1.29 is 5.11 Å². The number of benzene rings is 1. The summed E-state index contributed by atoms with van der Waals surface area (Å²) in [4.78, 5) is 8.31. The second-order valence-corrected chi connectivity index (χ2v) is 4.64. The third-order valence-electron chi connectivity index (χ3n) is 2.73. The van der Waals surface area contributed by atoms with Crippen molar-refractivity contribution in [2.24, 2.45) is 0 Å². The van der Waals surface area contributed by atoms with Crippen molar-refractivity contribution in [1.82, 2.24) is 9.97 Å². The van der Waals surface area contributed by atoms with Gasteiger partial charge in [0.2, 0.25) is 5.95 Å². The highest BCUT2D eigenvalue weighted by molar-refractivity contribution is 6.32. The second-order valence-electron chi connectivity index (χ2n) is 4.23. The molecule has 2 rings (SSSR count). The summed E-state index contributed by atoms with van der Waals surface area (Å²) in [5, 5.41) is 16.6. The Kier molecular flexibility index (Phi) is 5.15. The lowest BCUT2D eigenvalue weighted by molar-refractivity contribution is 0.191. The predicted octanol–water partition coefficient (Wildman–Crippen LogP) is 2.71. The molecule has 0 fully saturated rings. The Hall–Kier alpha value is -1.85. The summed E-state index contributed by atoms with van der Waals surface area (Å²) in [5.41, 5.74) is 0.845. The highest BCUT2D eigenvalue weighted by Crippen LogP contribution is 2.21. The molecule has 5 nitrogen and oxygen atoms in total. The summed E-state index contributed by atoms with van der Waals surface area (Å²) in [6.45, 7) is 3.02. The van der Waals surface area contributed by atoms with Crippen LogP contribution in [0.25, 0.3) is 0 Å². The zero-order valence-electron chi connectivity index (χ0n) is 11.2. The van der Waals surface area contributed by atoms with Crippen LogP contribution in [0.5, 0.6) is 0 Å². The standard InChI is InChI=1S/C14H17ClN4O/c1-2-16-14-18-8-11(15)13(19-14)17-9-12(20)10-6-4-3-5-7-10/h3-8,12,20H,2,9H2,1H3,(H2,16,17,18,19). The molecule has 0 spiro atoms. The van der Waals surface area contributed by atoms with Crippen LogP contribution in [0.15, 0.2) is 36.5 Å². The van der Waals surface area contributed by atoms with E-state index in [1.165, 1.54) is 6.20 Å². The number of hydrogen-bond acceptors (Lipinski definition) is 5. The molecular formula is C14H17ClN4O. The van der Waals surface area contributed by atoms with E-state index in [0.717, 1.165) is 12.1 Å². The Morgan fingerprint density at radius 1 is 1.25 bits per heavy atom. The lowest BCUT2D eigenvalue weighted by Gasteiger charge is -2.14. The molecule has 1 aromatic carbocycles. The highest BCUT2D eigenvalue weighted by Gasteiger charge is 2.09. The summed E-state index contributed by atoms with van der Waals surface area (Å²) in [6.07, 6.45) is 0.911. The van der Waals surface area contributed by atoms with Crippen molar-refractivity contribution in [3.05, 3.63) is 47.1 Å². The number of aromatic nitrogens is 2. The topological polar surface area (TPSA) is 70.1 Å². The van der Waals surface area contributed by atoms with Gasteiger partial charge in [-0.2, -0.15) is 4.98 Å². The molecule has 0 amide bonds. The lowest BCUT2D eigenvalue weighted by Crippen LogP contribution is -2.14. The van der Waals surface area contributed by atoms with E-state index in [0.29, 0.717) is 23.3 Å². The van der Waals surface area contributed by atoms with Crippen LogP contribution in [0.2, 0.25) is 5.02 Å². The molecule has 1 atom stereocenters. The fraction of sp³-hybridized carbons (Fsp3) is 0.286. The zero-order chi connectivity index (χ0) is 14.4. The van der Waals surface area contributed by atoms with Crippen LogP contribution >= 0.6 is 11.6 Å². The minimum absolute atomic E-state index is 0.326. The van der Waals surface area contributed by atoms with E-state index in [9.17, 15) is 5.11 Å². The monoisotopic (exact) mass is 292 g/mol. The Balaban J connectivity index is 2.01. The maximum Gasteiger partial charge on any atom is 0.224 e.